The number of nitrogens with zero attached hydrogens (tertiary/aromatic N) is 1. The molecule has 0 fully saturated rings. The maximum atomic E-state index is 10.1. The molecule has 0 aliphatic carbocycles. The van der Waals surface area contributed by atoms with Gasteiger partial charge in [-0.2, -0.15) is 0 Å². The van der Waals surface area contributed by atoms with E-state index in [1.54, 1.807) is 6.92 Å². The summed E-state index contributed by atoms with van der Waals surface area (Å²) in [4.78, 5) is 16.4. The fourth-order valence-corrected chi connectivity index (χ4v) is 0.530. The Balaban J connectivity index is 0. The van der Waals surface area contributed by atoms with Crippen LogP contribution in [0.4, 0.5) is 0 Å². The Hall–Kier alpha value is -0.723. The topological polar surface area (TPSA) is 66.0 Å². The zero-order valence-electron chi connectivity index (χ0n) is 6.88. The maximum absolute atomic E-state index is 10.1. The van der Waals surface area contributed by atoms with E-state index in [1.807, 2.05) is 0 Å². The fraction of sp³-hybridized carbons (Fsp3) is 0.200. The maximum Gasteiger partial charge on any atom is 1.00 e. The summed E-state index contributed by atoms with van der Waals surface area (Å²) in [6, 6.07) is 0. The number of aromatic amines is 1. The molecule has 0 aliphatic rings. The standard InChI is InChI=1S/C5H6N2O2.Li.H/c1-3-6-2-4(7-3)5(8)9;;/h2H,1H3,(H,6,7)(H,8,9);;/q;+1;-1. The van der Waals surface area contributed by atoms with E-state index in [-0.39, 0.29) is 26.0 Å². The summed E-state index contributed by atoms with van der Waals surface area (Å²) in [6.07, 6.45) is 1.29. The minimum absolute atomic E-state index is 0. The van der Waals surface area contributed by atoms with Crippen molar-refractivity contribution >= 4 is 5.97 Å². The van der Waals surface area contributed by atoms with Gasteiger partial charge in [-0.15, -0.1) is 0 Å². The monoisotopic (exact) mass is 134 g/mol. The third-order valence-electron chi connectivity index (χ3n) is 0.933. The molecular weight excluding hydrogens is 127 g/mol. The van der Waals surface area contributed by atoms with Crippen molar-refractivity contribution in [2.75, 3.05) is 0 Å². The number of hydrogen-bond acceptors (Lipinski definition) is 2. The first-order valence-electron chi connectivity index (χ1n) is 2.45. The van der Waals surface area contributed by atoms with Crippen LogP contribution in [0.1, 0.15) is 17.7 Å². The van der Waals surface area contributed by atoms with Crippen LogP contribution in [-0.2, 0) is 0 Å². The summed E-state index contributed by atoms with van der Waals surface area (Å²) in [5.74, 6) is -0.358. The number of carboxylic acids is 1. The fourth-order valence-electron chi connectivity index (χ4n) is 0.530. The second-order valence-electron chi connectivity index (χ2n) is 1.69. The van der Waals surface area contributed by atoms with E-state index in [0.717, 1.165) is 0 Å². The normalized spacial score (nSPS) is 8.50. The minimum atomic E-state index is -0.976. The smallest absolute Gasteiger partial charge is 1.00 e. The summed E-state index contributed by atoms with van der Waals surface area (Å²) < 4.78 is 0. The SMILES string of the molecule is Cc1ncc(C(=O)O)[nH]1.[H-].[Li+]. The van der Waals surface area contributed by atoms with Crippen molar-refractivity contribution in [3.63, 3.8) is 0 Å². The summed E-state index contributed by atoms with van der Waals surface area (Å²) in [5.41, 5.74) is 0.132. The van der Waals surface area contributed by atoms with E-state index < -0.39 is 5.97 Å². The van der Waals surface area contributed by atoms with Gasteiger partial charge in [0.05, 0.1) is 6.20 Å². The Bertz CT molecular complexity index is 238. The van der Waals surface area contributed by atoms with E-state index in [1.165, 1.54) is 6.20 Å². The first kappa shape index (κ1) is 9.28. The van der Waals surface area contributed by atoms with Gasteiger partial charge in [-0.1, -0.05) is 0 Å². The molecule has 0 aliphatic heterocycles. The molecule has 0 radical (unpaired) electrons. The van der Waals surface area contributed by atoms with Crippen molar-refractivity contribution in [2.24, 2.45) is 0 Å². The number of nitrogens with one attached hydrogen (secondary N) is 1. The average molecular weight is 134 g/mol. The number of aromatic nitrogens is 2. The van der Waals surface area contributed by atoms with Gasteiger partial charge in [0.1, 0.15) is 11.5 Å². The quantitative estimate of drug-likeness (QED) is 0.418. The molecule has 0 aromatic carbocycles. The molecule has 1 rings (SSSR count). The van der Waals surface area contributed by atoms with Crippen LogP contribution in [0.5, 0.6) is 0 Å². The van der Waals surface area contributed by atoms with Gasteiger partial charge in [-0.25, -0.2) is 9.78 Å². The van der Waals surface area contributed by atoms with Gasteiger partial charge in [0.2, 0.25) is 0 Å². The first-order valence-corrected chi connectivity index (χ1v) is 2.45. The molecule has 1 heterocycles. The molecule has 0 saturated carbocycles. The van der Waals surface area contributed by atoms with Gasteiger partial charge in [-0.3, -0.25) is 0 Å². The second-order valence-corrected chi connectivity index (χ2v) is 1.69. The number of rotatable bonds is 1. The Morgan fingerprint density at radius 1 is 1.90 bits per heavy atom. The van der Waals surface area contributed by atoms with Gasteiger partial charge in [0, 0.05) is 0 Å². The molecule has 4 nitrogen and oxygen atoms in total. The average Bonchev–Trinajstić information content (AvgIpc) is 2.14. The summed E-state index contributed by atoms with van der Waals surface area (Å²) in [7, 11) is 0. The van der Waals surface area contributed by atoms with Crippen LogP contribution >= 0.6 is 0 Å². The van der Waals surface area contributed by atoms with E-state index >= 15 is 0 Å². The van der Waals surface area contributed by atoms with Crippen molar-refractivity contribution in [2.45, 2.75) is 6.92 Å². The number of aryl methyl sites for hydroxylation is 1. The number of H-pyrrole nitrogens is 1. The first-order chi connectivity index (χ1) is 4.20. The van der Waals surface area contributed by atoms with E-state index in [0.29, 0.717) is 5.82 Å². The number of carbonyl (C=O) groups is 1. The van der Waals surface area contributed by atoms with Gasteiger partial charge < -0.3 is 11.5 Å². The van der Waals surface area contributed by atoms with Crippen LogP contribution in [0.2, 0.25) is 0 Å². The Morgan fingerprint density at radius 3 is 2.70 bits per heavy atom. The molecule has 0 bridgehead atoms. The van der Waals surface area contributed by atoms with Crippen LogP contribution in [-0.4, -0.2) is 21.0 Å². The van der Waals surface area contributed by atoms with Crippen molar-refractivity contribution in [1.29, 1.82) is 0 Å². The molecule has 0 saturated heterocycles. The Morgan fingerprint density at radius 2 is 2.50 bits per heavy atom. The summed E-state index contributed by atoms with van der Waals surface area (Å²) in [5, 5.41) is 8.33. The third kappa shape index (κ3) is 1.90. The molecule has 0 spiro atoms. The van der Waals surface area contributed by atoms with Crippen LogP contribution < -0.4 is 18.9 Å². The Kier molecular flexibility index (Phi) is 3.20. The van der Waals surface area contributed by atoms with Crippen molar-refractivity contribution < 1.29 is 30.2 Å². The molecule has 0 atom stereocenters. The van der Waals surface area contributed by atoms with Gasteiger partial charge in [0.15, 0.2) is 0 Å². The molecule has 1 aromatic rings. The number of carboxylic acid groups (broad SMARTS) is 1. The second kappa shape index (κ2) is 3.45. The van der Waals surface area contributed by atoms with Crippen molar-refractivity contribution in [3.8, 4) is 0 Å². The predicted molar refractivity (Wildman–Crippen MR) is 31.4 cm³/mol. The number of aromatic carboxylic acids is 1. The minimum Gasteiger partial charge on any atom is -1.00 e. The molecule has 0 amide bonds. The van der Waals surface area contributed by atoms with E-state index in [4.69, 9.17) is 5.11 Å². The van der Waals surface area contributed by atoms with Crippen LogP contribution in [0, 0.1) is 6.92 Å². The van der Waals surface area contributed by atoms with Crippen LogP contribution in [0.25, 0.3) is 0 Å². The van der Waals surface area contributed by atoms with Gasteiger partial charge >= 0.3 is 24.8 Å². The summed E-state index contributed by atoms with van der Waals surface area (Å²) >= 11 is 0. The zero-order chi connectivity index (χ0) is 6.85. The zero-order valence-corrected chi connectivity index (χ0v) is 5.88. The molecule has 0 unspecified atom stereocenters. The molecule has 50 valence electrons. The number of imidazole rings is 1. The van der Waals surface area contributed by atoms with E-state index in [2.05, 4.69) is 9.97 Å². The molecule has 2 N–H and O–H groups in total. The number of hydrogen-bond donors (Lipinski definition) is 2. The molecular formula is C5H7LiN2O2. The molecule has 1 aromatic heterocycles. The third-order valence-corrected chi connectivity index (χ3v) is 0.933. The van der Waals surface area contributed by atoms with Crippen LogP contribution in [0.15, 0.2) is 6.20 Å². The summed E-state index contributed by atoms with van der Waals surface area (Å²) in [6.45, 7) is 1.70. The van der Waals surface area contributed by atoms with Gasteiger partial charge in [0.25, 0.3) is 0 Å². The van der Waals surface area contributed by atoms with Crippen molar-refractivity contribution in [3.05, 3.63) is 17.7 Å². The van der Waals surface area contributed by atoms with E-state index in [9.17, 15) is 4.79 Å². The Labute approximate surface area is 71.3 Å². The largest absolute Gasteiger partial charge is 1.00 e. The van der Waals surface area contributed by atoms with Crippen LogP contribution in [0.3, 0.4) is 0 Å². The molecule has 5 heteroatoms. The predicted octanol–water partition coefficient (Wildman–Crippen LogP) is -2.47. The van der Waals surface area contributed by atoms with Crippen molar-refractivity contribution in [1.82, 2.24) is 9.97 Å². The van der Waals surface area contributed by atoms with Gasteiger partial charge in [-0.05, 0) is 6.92 Å². The molecule has 10 heavy (non-hydrogen) atoms.